The first-order valence-electron chi connectivity index (χ1n) is 9.57. The lowest BCUT2D eigenvalue weighted by molar-refractivity contribution is -0.124. The lowest BCUT2D eigenvalue weighted by Gasteiger charge is -2.46. The molecule has 0 spiro atoms. The van der Waals surface area contributed by atoms with E-state index in [-0.39, 0.29) is 12.5 Å². The number of piperazine rings is 1. The molecule has 0 aliphatic carbocycles. The van der Waals surface area contributed by atoms with Gasteiger partial charge in [0.15, 0.2) is 0 Å². The van der Waals surface area contributed by atoms with Gasteiger partial charge in [0.2, 0.25) is 5.91 Å². The number of carbonyl (C=O) groups excluding carboxylic acids is 2. The van der Waals surface area contributed by atoms with Gasteiger partial charge in [-0.1, -0.05) is 12.1 Å². The maximum absolute atomic E-state index is 12.9. The van der Waals surface area contributed by atoms with Gasteiger partial charge in [-0.25, -0.2) is 4.79 Å². The average Bonchev–Trinajstić information content (AvgIpc) is 2.59. The number of amides is 2. The lowest BCUT2D eigenvalue weighted by atomic mass is 9.98. The number of nitrogens with zero attached hydrogens (tertiary/aromatic N) is 2. The summed E-state index contributed by atoms with van der Waals surface area (Å²) in [6, 6.07) is 7.46. The summed E-state index contributed by atoms with van der Waals surface area (Å²) < 4.78 is 16.4. The van der Waals surface area contributed by atoms with Crippen molar-refractivity contribution in [3.8, 4) is 5.75 Å². The van der Waals surface area contributed by atoms with Crippen molar-refractivity contribution in [3.63, 3.8) is 0 Å². The minimum atomic E-state index is -0.615. The number of ether oxygens (including phenoxy) is 3. The van der Waals surface area contributed by atoms with Crippen LogP contribution < -0.4 is 9.64 Å². The van der Waals surface area contributed by atoms with Crippen LogP contribution in [0.15, 0.2) is 24.3 Å². The van der Waals surface area contributed by atoms with Gasteiger partial charge in [0.05, 0.1) is 17.8 Å². The summed E-state index contributed by atoms with van der Waals surface area (Å²) in [6.45, 7) is 10.7. The highest BCUT2D eigenvalue weighted by atomic mass is 16.6. The Kier molecular flexibility index (Phi) is 6.93. The molecule has 0 radical (unpaired) electrons. The Hall–Kier alpha value is -2.28. The molecule has 1 fully saturated rings. The van der Waals surface area contributed by atoms with Crippen LogP contribution in [-0.4, -0.2) is 61.5 Å². The van der Waals surface area contributed by atoms with E-state index < -0.39 is 17.2 Å². The predicted molar refractivity (Wildman–Crippen MR) is 108 cm³/mol. The molecule has 1 aromatic rings. The molecule has 1 aliphatic rings. The number of hydrogen-bond acceptors (Lipinski definition) is 5. The summed E-state index contributed by atoms with van der Waals surface area (Å²) in [4.78, 5) is 28.7. The number of hydrogen-bond donors (Lipinski definition) is 0. The number of rotatable bonds is 6. The first-order chi connectivity index (χ1) is 13.0. The maximum atomic E-state index is 12.9. The standard InChI is InChI=1S/C21H32N2O5/c1-20(2,3)28-19(25)23-14-18(24)22(15-21(23,4)5)16-10-7-8-11-17(16)27-13-9-12-26-6/h7-8,10-11H,9,12-15H2,1-6H3. The van der Waals surface area contributed by atoms with Gasteiger partial charge in [-0.3, -0.25) is 9.69 Å². The molecule has 0 bridgehead atoms. The van der Waals surface area contributed by atoms with Crippen molar-refractivity contribution in [1.29, 1.82) is 0 Å². The summed E-state index contributed by atoms with van der Waals surface area (Å²) in [5.41, 5.74) is -0.489. The number of benzene rings is 1. The molecule has 28 heavy (non-hydrogen) atoms. The summed E-state index contributed by atoms with van der Waals surface area (Å²) in [7, 11) is 1.65. The molecule has 0 aromatic heterocycles. The molecule has 0 atom stereocenters. The molecule has 7 heteroatoms. The van der Waals surface area contributed by atoms with E-state index in [9.17, 15) is 9.59 Å². The van der Waals surface area contributed by atoms with E-state index in [1.807, 2.05) is 58.9 Å². The van der Waals surface area contributed by atoms with Crippen LogP contribution in [-0.2, 0) is 14.3 Å². The monoisotopic (exact) mass is 392 g/mol. The molecule has 0 saturated carbocycles. The lowest BCUT2D eigenvalue weighted by Crippen LogP contribution is -2.64. The van der Waals surface area contributed by atoms with Crippen LogP contribution in [0.25, 0.3) is 0 Å². The fraction of sp³-hybridized carbons (Fsp3) is 0.619. The Morgan fingerprint density at radius 2 is 1.86 bits per heavy atom. The van der Waals surface area contributed by atoms with Gasteiger partial charge < -0.3 is 19.1 Å². The number of methoxy groups -OCH3 is 1. The molecule has 2 amide bonds. The van der Waals surface area contributed by atoms with Gasteiger partial charge in [-0.2, -0.15) is 0 Å². The van der Waals surface area contributed by atoms with Crippen LogP contribution in [0.1, 0.15) is 41.0 Å². The van der Waals surface area contributed by atoms with E-state index in [1.54, 1.807) is 12.0 Å². The zero-order valence-electron chi connectivity index (χ0n) is 17.8. The average molecular weight is 392 g/mol. The minimum Gasteiger partial charge on any atom is -0.491 e. The molecule has 1 heterocycles. The Morgan fingerprint density at radius 1 is 1.18 bits per heavy atom. The van der Waals surface area contributed by atoms with Crippen molar-refractivity contribution in [2.45, 2.75) is 52.2 Å². The maximum Gasteiger partial charge on any atom is 0.411 e. The SMILES string of the molecule is COCCCOc1ccccc1N1CC(C)(C)N(C(=O)OC(C)(C)C)CC1=O. The Morgan fingerprint density at radius 3 is 2.50 bits per heavy atom. The number of carbonyl (C=O) groups is 2. The van der Waals surface area contributed by atoms with Gasteiger partial charge in [-0.15, -0.1) is 0 Å². The van der Waals surface area contributed by atoms with Gasteiger partial charge in [-0.05, 0) is 46.8 Å². The van der Waals surface area contributed by atoms with Gasteiger partial charge in [0.25, 0.3) is 0 Å². The molecular formula is C21H32N2O5. The second kappa shape index (κ2) is 8.82. The van der Waals surface area contributed by atoms with Crippen molar-refractivity contribution in [1.82, 2.24) is 4.90 Å². The molecule has 156 valence electrons. The van der Waals surface area contributed by atoms with E-state index >= 15 is 0 Å². The predicted octanol–water partition coefficient (Wildman–Crippen LogP) is 3.46. The molecule has 0 N–H and O–H groups in total. The van der Waals surface area contributed by atoms with Crippen LogP contribution in [0.2, 0.25) is 0 Å². The zero-order chi connectivity index (χ0) is 20.9. The summed E-state index contributed by atoms with van der Waals surface area (Å²) >= 11 is 0. The summed E-state index contributed by atoms with van der Waals surface area (Å²) in [5, 5.41) is 0. The van der Waals surface area contributed by atoms with Crippen LogP contribution in [0.5, 0.6) is 5.75 Å². The second-order valence-corrected chi connectivity index (χ2v) is 8.52. The quantitative estimate of drug-likeness (QED) is 0.694. The number of anilines is 1. The second-order valence-electron chi connectivity index (χ2n) is 8.52. The fourth-order valence-electron chi connectivity index (χ4n) is 3.03. The van der Waals surface area contributed by atoms with E-state index in [0.717, 1.165) is 6.42 Å². The Bertz CT molecular complexity index is 696. The smallest absolute Gasteiger partial charge is 0.411 e. The third kappa shape index (κ3) is 5.61. The molecule has 1 aromatic carbocycles. The molecule has 2 rings (SSSR count). The largest absolute Gasteiger partial charge is 0.491 e. The van der Waals surface area contributed by atoms with E-state index in [0.29, 0.717) is 31.2 Å². The molecule has 0 unspecified atom stereocenters. The van der Waals surface area contributed by atoms with E-state index in [1.165, 1.54) is 4.90 Å². The van der Waals surface area contributed by atoms with Gasteiger partial charge in [0.1, 0.15) is 17.9 Å². The third-order valence-corrected chi connectivity index (χ3v) is 4.39. The Balaban J connectivity index is 2.17. The highest BCUT2D eigenvalue weighted by molar-refractivity contribution is 5.99. The fourth-order valence-corrected chi connectivity index (χ4v) is 3.03. The van der Waals surface area contributed by atoms with Crippen molar-refractivity contribution in [2.75, 3.05) is 38.3 Å². The molecule has 1 aliphatic heterocycles. The van der Waals surface area contributed by atoms with Gasteiger partial charge in [0, 0.05) is 26.7 Å². The molecule has 1 saturated heterocycles. The molecule has 7 nitrogen and oxygen atoms in total. The van der Waals surface area contributed by atoms with E-state index in [4.69, 9.17) is 14.2 Å². The molecular weight excluding hydrogens is 360 g/mol. The number of para-hydroxylation sites is 2. The normalized spacial score (nSPS) is 16.9. The van der Waals surface area contributed by atoms with Crippen molar-refractivity contribution < 1.29 is 23.8 Å². The van der Waals surface area contributed by atoms with Crippen LogP contribution in [0.3, 0.4) is 0 Å². The zero-order valence-corrected chi connectivity index (χ0v) is 17.8. The summed E-state index contributed by atoms with van der Waals surface area (Å²) in [6.07, 6.45) is 0.283. The summed E-state index contributed by atoms with van der Waals surface area (Å²) in [5.74, 6) is 0.478. The minimum absolute atomic E-state index is 0.0417. The highest BCUT2D eigenvalue weighted by Gasteiger charge is 2.43. The van der Waals surface area contributed by atoms with Crippen LogP contribution >= 0.6 is 0 Å². The van der Waals surface area contributed by atoms with Crippen LogP contribution in [0.4, 0.5) is 10.5 Å². The first kappa shape index (κ1) is 22.0. The van der Waals surface area contributed by atoms with Gasteiger partial charge >= 0.3 is 6.09 Å². The first-order valence-corrected chi connectivity index (χ1v) is 9.57. The van der Waals surface area contributed by atoms with Crippen molar-refractivity contribution >= 4 is 17.7 Å². The van der Waals surface area contributed by atoms with Crippen molar-refractivity contribution in [3.05, 3.63) is 24.3 Å². The Labute approximate surface area is 167 Å². The highest BCUT2D eigenvalue weighted by Crippen LogP contribution is 2.33. The van der Waals surface area contributed by atoms with Crippen molar-refractivity contribution in [2.24, 2.45) is 0 Å². The topological polar surface area (TPSA) is 68.3 Å². The van der Waals surface area contributed by atoms with E-state index in [2.05, 4.69) is 0 Å². The van der Waals surface area contributed by atoms with Crippen LogP contribution in [0, 0.1) is 0 Å². The third-order valence-electron chi connectivity index (χ3n) is 4.39.